The van der Waals surface area contributed by atoms with Crippen LogP contribution in [0.4, 0.5) is 0 Å². The van der Waals surface area contributed by atoms with E-state index in [4.69, 9.17) is 9.47 Å². The number of aliphatic hydroxyl groups is 1. The van der Waals surface area contributed by atoms with Gasteiger partial charge in [0.1, 0.15) is 28.6 Å². The average Bonchev–Trinajstić information content (AvgIpc) is 2.26. The Bertz CT molecular complexity index is 462. The van der Waals surface area contributed by atoms with Gasteiger partial charge in [0.15, 0.2) is 5.78 Å². The summed E-state index contributed by atoms with van der Waals surface area (Å²) >= 11 is 0. The molecule has 0 fully saturated rings. The first-order valence-corrected chi connectivity index (χ1v) is 4.86. The standard InChI is InChI=1S/C12H14O5/c1-7(13)4-9(14)12-10(15)5-8(16-2)6-11(12)17-3/h4-6,14-15H,1-3H3/b9-4-. The van der Waals surface area contributed by atoms with Crippen LogP contribution in [0.15, 0.2) is 18.2 Å². The number of methoxy groups -OCH3 is 2. The van der Waals surface area contributed by atoms with Gasteiger partial charge in [0.05, 0.1) is 14.2 Å². The minimum Gasteiger partial charge on any atom is -0.507 e. The average molecular weight is 238 g/mol. The monoisotopic (exact) mass is 238 g/mol. The Kier molecular flexibility index (Phi) is 3.98. The first-order valence-electron chi connectivity index (χ1n) is 4.86. The molecular formula is C12H14O5. The van der Waals surface area contributed by atoms with Crippen molar-refractivity contribution in [3.63, 3.8) is 0 Å². The van der Waals surface area contributed by atoms with E-state index in [1.54, 1.807) is 0 Å². The number of aromatic hydroxyl groups is 1. The number of hydrogen-bond acceptors (Lipinski definition) is 5. The van der Waals surface area contributed by atoms with Gasteiger partial charge in [-0.25, -0.2) is 0 Å². The van der Waals surface area contributed by atoms with Crippen LogP contribution >= 0.6 is 0 Å². The summed E-state index contributed by atoms with van der Waals surface area (Å²) in [5.74, 6) is -0.305. The summed E-state index contributed by atoms with van der Waals surface area (Å²) in [5, 5.41) is 19.5. The Hall–Kier alpha value is -2.17. The van der Waals surface area contributed by atoms with Crippen LogP contribution in [0.5, 0.6) is 17.2 Å². The molecule has 1 rings (SSSR count). The van der Waals surface area contributed by atoms with Crippen molar-refractivity contribution in [3.05, 3.63) is 23.8 Å². The van der Waals surface area contributed by atoms with Gasteiger partial charge in [-0.2, -0.15) is 0 Å². The molecule has 0 amide bonds. The van der Waals surface area contributed by atoms with E-state index in [-0.39, 0.29) is 28.6 Å². The fourth-order valence-corrected chi connectivity index (χ4v) is 1.38. The number of rotatable bonds is 4. The molecule has 1 aromatic carbocycles. The molecule has 0 aliphatic heterocycles. The number of carbonyl (C=O) groups is 1. The maximum atomic E-state index is 10.9. The van der Waals surface area contributed by atoms with Crippen LogP contribution in [-0.4, -0.2) is 30.2 Å². The second-order valence-electron chi connectivity index (χ2n) is 3.36. The molecule has 5 heteroatoms. The molecule has 5 nitrogen and oxygen atoms in total. The molecule has 0 atom stereocenters. The topological polar surface area (TPSA) is 76.0 Å². The number of ether oxygens (including phenoxy) is 2. The van der Waals surface area contributed by atoms with Gasteiger partial charge in [-0.1, -0.05) is 0 Å². The van der Waals surface area contributed by atoms with Crippen LogP contribution in [0, 0.1) is 0 Å². The fourth-order valence-electron chi connectivity index (χ4n) is 1.38. The molecule has 0 unspecified atom stereocenters. The van der Waals surface area contributed by atoms with Crippen LogP contribution in [0.25, 0.3) is 5.76 Å². The number of ketones is 1. The van der Waals surface area contributed by atoms with E-state index in [0.717, 1.165) is 6.08 Å². The first kappa shape index (κ1) is 12.9. The minimum absolute atomic E-state index is 0.0588. The number of phenols is 1. The molecule has 0 spiro atoms. The lowest BCUT2D eigenvalue weighted by Crippen LogP contribution is -1.96. The van der Waals surface area contributed by atoms with E-state index in [0.29, 0.717) is 5.75 Å². The zero-order valence-electron chi connectivity index (χ0n) is 9.85. The van der Waals surface area contributed by atoms with Gasteiger partial charge < -0.3 is 19.7 Å². The Morgan fingerprint density at radius 2 is 1.94 bits per heavy atom. The number of benzene rings is 1. The molecule has 92 valence electrons. The summed E-state index contributed by atoms with van der Waals surface area (Å²) in [6.45, 7) is 1.29. The minimum atomic E-state index is -0.352. The Morgan fingerprint density at radius 3 is 2.41 bits per heavy atom. The van der Waals surface area contributed by atoms with E-state index in [9.17, 15) is 15.0 Å². The number of carbonyl (C=O) groups excluding carboxylic acids is 1. The van der Waals surface area contributed by atoms with Gasteiger partial charge in [-0.3, -0.25) is 4.79 Å². The van der Waals surface area contributed by atoms with Gasteiger partial charge >= 0.3 is 0 Å². The SMILES string of the molecule is COc1cc(O)c(/C(O)=C/C(C)=O)c(OC)c1. The van der Waals surface area contributed by atoms with Crippen molar-refractivity contribution in [3.8, 4) is 17.2 Å². The second kappa shape index (κ2) is 5.25. The van der Waals surface area contributed by atoms with E-state index < -0.39 is 0 Å². The fraction of sp³-hybridized carbons (Fsp3) is 0.250. The maximum absolute atomic E-state index is 10.9. The highest BCUT2D eigenvalue weighted by Crippen LogP contribution is 2.37. The van der Waals surface area contributed by atoms with Crippen molar-refractivity contribution in [1.29, 1.82) is 0 Å². The van der Waals surface area contributed by atoms with Gasteiger partial charge in [0.2, 0.25) is 0 Å². The van der Waals surface area contributed by atoms with Crippen molar-refractivity contribution in [2.45, 2.75) is 6.92 Å². The summed E-state index contributed by atoms with van der Waals surface area (Å²) in [6, 6.07) is 2.82. The summed E-state index contributed by atoms with van der Waals surface area (Å²) in [7, 11) is 2.83. The predicted octanol–water partition coefficient (Wildman–Crippen LogP) is 1.90. The smallest absolute Gasteiger partial charge is 0.156 e. The molecule has 0 bridgehead atoms. The molecule has 2 N–H and O–H groups in total. The van der Waals surface area contributed by atoms with E-state index >= 15 is 0 Å². The van der Waals surface area contributed by atoms with Crippen LogP contribution in [0.3, 0.4) is 0 Å². The molecule has 0 saturated heterocycles. The number of allylic oxidation sites excluding steroid dienone is 1. The highest BCUT2D eigenvalue weighted by atomic mass is 16.5. The summed E-state index contributed by atoms with van der Waals surface area (Å²) in [6.07, 6.45) is 1.00. The number of phenolic OH excluding ortho intramolecular Hbond substituents is 1. The molecule has 0 aliphatic carbocycles. The Balaban J connectivity index is 3.37. The lowest BCUT2D eigenvalue weighted by Gasteiger charge is -2.11. The van der Waals surface area contributed by atoms with Crippen LogP contribution in [0.2, 0.25) is 0 Å². The molecule has 0 saturated carbocycles. The van der Waals surface area contributed by atoms with Crippen LogP contribution < -0.4 is 9.47 Å². The summed E-state index contributed by atoms with van der Waals surface area (Å²) in [4.78, 5) is 10.9. The van der Waals surface area contributed by atoms with Crippen molar-refractivity contribution in [2.75, 3.05) is 14.2 Å². The van der Waals surface area contributed by atoms with Crippen LogP contribution in [-0.2, 0) is 4.79 Å². The third-order valence-corrected chi connectivity index (χ3v) is 2.11. The lowest BCUT2D eigenvalue weighted by atomic mass is 10.1. The quantitative estimate of drug-likeness (QED) is 0.619. The van der Waals surface area contributed by atoms with Crippen molar-refractivity contribution in [2.24, 2.45) is 0 Å². The van der Waals surface area contributed by atoms with Crippen molar-refractivity contribution in [1.82, 2.24) is 0 Å². The molecule has 1 aromatic rings. The molecule has 0 radical (unpaired) electrons. The first-order chi connectivity index (χ1) is 7.99. The lowest BCUT2D eigenvalue weighted by molar-refractivity contribution is -0.112. The molecule has 0 aromatic heterocycles. The summed E-state index contributed by atoms with van der Waals surface area (Å²) in [5.41, 5.74) is 0.0588. The number of aliphatic hydroxyl groups excluding tert-OH is 1. The van der Waals surface area contributed by atoms with E-state index in [1.807, 2.05) is 0 Å². The summed E-state index contributed by atoms with van der Waals surface area (Å²) < 4.78 is 9.96. The third kappa shape index (κ3) is 2.90. The van der Waals surface area contributed by atoms with Gasteiger partial charge in [0.25, 0.3) is 0 Å². The van der Waals surface area contributed by atoms with E-state index in [2.05, 4.69) is 0 Å². The zero-order chi connectivity index (χ0) is 13.0. The predicted molar refractivity (Wildman–Crippen MR) is 62.5 cm³/mol. The molecule has 17 heavy (non-hydrogen) atoms. The highest BCUT2D eigenvalue weighted by molar-refractivity contribution is 5.94. The van der Waals surface area contributed by atoms with Gasteiger partial charge in [-0.05, 0) is 6.92 Å². The maximum Gasteiger partial charge on any atom is 0.156 e. The molecule has 0 aliphatic rings. The van der Waals surface area contributed by atoms with E-state index in [1.165, 1.54) is 33.3 Å². The second-order valence-corrected chi connectivity index (χ2v) is 3.36. The van der Waals surface area contributed by atoms with Crippen molar-refractivity contribution < 1.29 is 24.5 Å². The molecular weight excluding hydrogens is 224 g/mol. The van der Waals surface area contributed by atoms with Gasteiger partial charge in [0, 0.05) is 18.2 Å². The van der Waals surface area contributed by atoms with Crippen LogP contribution in [0.1, 0.15) is 12.5 Å². The third-order valence-electron chi connectivity index (χ3n) is 2.11. The van der Waals surface area contributed by atoms with Crippen molar-refractivity contribution >= 4 is 11.5 Å². The number of hydrogen-bond donors (Lipinski definition) is 2. The Labute approximate surface area is 98.9 Å². The highest BCUT2D eigenvalue weighted by Gasteiger charge is 2.15. The zero-order valence-corrected chi connectivity index (χ0v) is 9.85. The normalized spacial score (nSPS) is 11.1. The Morgan fingerprint density at radius 1 is 1.29 bits per heavy atom. The molecule has 0 heterocycles. The largest absolute Gasteiger partial charge is 0.507 e. The van der Waals surface area contributed by atoms with Gasteiger partial charge in [-0.15, -0.1) is 0 Å².